The number of nitrogens with one attached hydrogen (secondary N) is 1. The molecule has 5 heteroatoms. The quantitative estimate of drug-likeness (QED) is 0.617. The molecule has 0 spiro atoms. The first-order valence-corrected chi connectivity index (χ1v) is 8.97. The van der Waals surface area contributed by atoms with Crippen LogP contribution in [-0.4, -0.2) is 44.7 Å². The molecule has 0 radical (unpaired) electrons. The van der Waals surface area contributed by atoms with Gasteiger partial charge in [0.25, 0.3) is 0 Å². The van der Waals surface area contributed by atoms with Crippen LogP contribution < -0.4 is 5.32 Å². The van der Waals surface area contributed by atoms with Gasteiger partial charge in [0.1, 0.15) is 0 Å². The minimum Gasteiger partial charge on any atom is -0.315 e. The predicted molar refractivity (Wildman–Crippen MR) is 78.5 cm³/mol. The lowest BCUT2D eigenvalue weighted by Gasteiger charge is -2.29. The lowest BCUT2D eigenvalue weighted by atomic mass is 9.80. The van der Waals surface area contributed by atoms with Crippen LogP contribution in [0.5, 0.6) is 0 Å². The summed E-state index contributed by atoms with van der Waals surface area (Å²) >= 11 is 0. The zero-order chi connectivity index (χ0) is 13.9. The molecule has 110 valence electrons. The van der Waals surface area contributed by atoms with Gasteiger partial charge in [-0.25, -0.2) is 12.7 Å². The number of hydrogen-bond acceptors (Lipinski definition) is 3. The summed E-state index contributed by atoms with van der Waals surface area (Å²) in [5, 5.41) is 3.43. The third-order valence-corrected chi connectivity index (χ3v) is 6.42. The Labute approximate surface area is 117 Å². The minimum atomic E-state index is -2.93. The van der Waals surface area contributed by atoms with Gasteiger partial charge in [-0.05, 0) is 38.0 Å². The predicted octanol–water partition coefficient (Wildman–Crippen LogP) is 1.60. The molecule has 1 heterocycles. The maximum atomic E-state index is 11.7. The molecule has 19 heavy (non-hydrogen) atoms. The van der Waals surface area contributed by atoms with E-state index >= 15 is 0 Å². The van der Waals surface area contributed by atoms with Crippen molar-refractivity contribution in [3.8, 4) is 0 Å². The lowest BCUT2D eigenvalue weighted by molar-refractivity contribution is 0.343. The van der Waals surface area contributed by atoms with Crippen molar-refractivity contribution in [3.63, 3.8) is 0 Å². The van der Waals surface area contributed by atoms with Crippen molar-refractivity contribution in [2.24, 2.45) is 11.8 Å². The van der Waals surface area contributed by atoms with Gasteiger partial charge in [0.05, 0.1) is 5.75 Å². The molecule has 0 saturated carbocycles. The molecule has 2 atom stereocenters. The van der Waals surface area contributed by atoms with Crippen LogP contribution >= 0.6 is 0 Å². The van der Waals surface area contributed by atoms with Crippen molar-refractivity contribution < 1.29 is 8.42 Å². The fourth-order valence-corrected chi connectivity index (χ4v) is 4.67. The number of hydrogen-bond donors (Lipinski definition) is 1. The standard InChI is InChI=1S/C14H26N2O2S/c1-12-5-3-6-13(2)14(12)11-15-7-9-16-8-4-10-19(16,17)18/h5,13-15H,3-4,6-11H2,1-2H3/t13-,14+/m1/s1. The van der Waals surface area contributed by atoms with Gasteiger partial charge in [-0.1, -0.05) is 18.6 Å². The number of allylic oxidation sites excluding steroid dienone is 1. The van der Waals surface area contributed by atoms with Gasteiger partial charge < -0.3 is 5.32 Å². The maximum absolute atomic E-state index is 11.7. The Kier molecular flexibility index (Phi) is 5.03. The minimum absolute atomic E-state index is 0.328. The largest absolute Gasteiger partial charge is 0.315 e. The Balaban J connectivity index is 1.72. The van der Waals surface area contributed by atoms with E-state index in [1.807, 2.05) is 0 Å². The van der Waals surface area contributed by atoms with Crippen molar-refractivity contribution >= 4 is 10.0 Å². The molecule has 0 aromatic heterocycles. The van der Waals surface area contributed by atoms with E-state index in [0.29, 0.717) is 24.8 Å². The molecule has 1 N–H and O–H groups in total. The van der Waals surface area contributed by atoms with Gasteiger partial charge in [-0.2, -0.15) is 0 Å². The van der Waals surface area contributed by atoms with Crippen LogP contribution in [0.25, 0.3) is 0 Å². The van der Waals surface area contributed by atoms with Crippen LogP contribution in [0.15, 0.2) is 11.6 Å². The molecular formula is C14H26N2O2S. The highest BCUT2D eigenvalue weighted by atomic mass is 32.2. The van der Waals surface area contributed by atoms with Crippen LogP contribution in [0.2, 0.25) is 0 Å². The summed E-state index contributed by atoms with van der Waals surface area (Å²) < 4.78 is 24.9. The number of nitrogens with zero attached hydrogens (tertiary/aromatic N) is 1. The Morgan fingerprint density at radius 2 is 2.26 bits per heavy atom. The van der Waals surface area contributed by atoms with Crippen LogP contribution in [0.1, 0.15) is 33.1 Å². The number of sulfonamides is 1. The number of rotatable bonds is 5. The molecule has 0 aromatic rings. The molecule has 1 fully saturated rings. The molecule has 4 nitrogen and oxygen atoms in total. The first-order valence-electron chi connectivity index (χ1n) is 7.36. The third kappa shape index (κ3) is 3.80. The molecule has 0 aromatic carbocycles. The van der Waals surface area contributed by atoms with E-state index in [1.54, 1.807) is 4.31 Å². The summed E-state index contributed by atoms with van der Waals surface area (Å²) in [5.74, 6) is 1.67. The van der Waals surface area contributed by atoms with E-state index in [2.05, 4.69) is 25.2 Å². The highest BCUT2D eigenvalue weighted by Crippen LogP contribution is 2.29. The van der Waals surface area contributed by atoms with Gasteiger partial charge in [-0.3, -0.25) is 0 Å². The zero-order valence-electron chi connectivity index (χ0n) is 12.1. The van der Waals surface area contributed by atoms with Crippen LogP contribution in [0, 0.1) is 11.8 Å². The van der Waals surface area contributed by atoms with Crippen molar-refractivity contribution in [1.29, 1.82) is 0 Å². The molecule has 2 aliphatic rings. The fourth-order valence-electron chi connectivity index (χ4n) is 3.14. The average Bonchev–Trinajstić information content (AvgIpc) is 2.67. The second kappa shape index (κ2) is 6.37. The third-order valence-electron chi connectivity index (χ3n) is 4.47. The SMILES string of the molecule is CC1=CCC[C@@H](C)[C@H]1CNCCN1CCCS1(=O)=O. The summed E-state index contributed by atoms with van der Waals surface area (Å²) in [7, 11) is -2.93. The second-order valence-corrected chi connectivity index (χ2v) is 7.97. The van der Waals surface area contributed by atoms with Gasteiger partial charge in [0, 0.05) is 26.2 Å². The molecule has 1 aliphatic heterocycles. The summed E-state index contributed by atoms with van der Waals surface area (Å²) in [6.07, 6.45) is 5.60. The van der Waals surface area contributed by atoms with Crippen molar-refractivity contribution in [2.75, 3.05) is 31.9 Å². The van der Waals surface area contributed by atoms with E-state index in [9.17, 15) is 8.42 Å². The molecule has 0 amide bonds. The molecular weight excluding hydrogens is 260 g/mol. The van der Waals surface area contributed by atoms with E-state index < -0.39 is 10.0 Å². The van der Waals surface area contributed by atoms with Crippen LogP contribution in [0.3, 0.4) is 0 Å². The lowest BCUT2D eigenvalue weighted by Crippen LogP contribution is -2.36. The topological polar surface area (TPSA) is 49.4 Å². The maximum Gasteiger partial charge on any atom is 0.214 e. The Morgan fingerprint density at radius 3 is 2.89 bits per heavy atom. The van der Waals surface area contributed by atoms with E-state index in [1.165, 1.54) is 18.4 Å². The molecule has 1 saturated heterocycles. The Bertz CT molecular complexity index is 431. The monoisotopic (exact) mass is 286 g/mol. The summed E-state index contributed by atoms with van der Waals surface area (Å²) in [6.45, 7) is 7.57. The highest BCUT2D eigenvalue weighted by molar-refractivity contribution is 7.89. The summed E-state index contributed by atoms with van der Waals surface area (Å²) in [6, 6.07) is 0. The highest BCUT2D eigenvalue weighted by Gasteiger charge is 2.27. The van der Waals surface area contributed by atoms with Crippen molar-refractivity contribution in [2.45, 2.75) is 33.1 Å². The zero-order valence-corrected chi connectivity index (χ0v) is 12.9. The first kappa shape index (κ1) is 15.0. The fraction of sp³-hybridized carbons (Fsp3) is 0.857. The van der Waals surface area contributed by atoms with Gasteiger partial charge >= 0.3 is 0 Å². The first-order chi connectivity index (χ1) is 9.00. The van der Waals surface area contributed by atoms with Gasteiger partial charge in [0.2, 0.25) is 10.0 Å². The Hall–Kier alpha value is -0.390. The van der Waals surface area contributed by atoms with E-state index in [4.69, 9.17) is 0 Å². The smallest absolute Gasteiger partial charge is 0.214 e. The van der Waals surface area contributed by atoms with E-state index in [-0.39, 0.29) is 0 Å². The van der Waals surface area contributed by atoms with Crippen LogP contribution in [-0.2, 0) is 10.0 Å². The average molecular weight is 286 g/mol. The van der Waals surface area contributed by atoms with Crippen molar-refractivity contribution in [3.05, 3.63) is 11.6 Å². The van der Waals surface area contributed by atoms with Gasteiger partial charge in [-0.15, -0.1) is 0 Å². The summed E-state index contributed by atoms with van der Waals surface area (Å²) in [4.78, 5) is 0. The molecule has 2 rings (SSSR count). The Morgan fingerprint density at radius 1 is 1.47 bits per heavy atom. The molecule has 1 aliphatic carbocycles. The molecule has 0 bridgehead atoms. The second-order valence-electron chi connectivity index (χ2n) is 5.88. The van der Waals surface area contributed by atoms with Crippen LogP contribution in [0.4, 0.5) is 0 Å². The normalized spacial score (nSPS) is 31.4. The van der Waals surface area contributed by atoms with Crippen molar-refractivity contribution in [1.82, 2.24) is 9.62 Å². The molecule has 0 unspecified atom stereocenters. The van der Waals surface area contributed by atoms with E-state index in [0.717, 1.165) is 25.4 Å². The van der Waals surface area contributed by atoms with Gasteiger partial charge in [0.15, 0.2) is 0 Å². The summed E-state index contributed by atoms with van der Waals surface area (Å²) in [5.41, 5.74) is 1.49.